The first-order valence-corrected chi connectivity index (χ1v) is 8.00. The van der Waals surface area contributed by atoms with Crippen molar-refractivity contribution in [3.63, 3.8) is 0 Å². The normalized spacial score (nSPS) is 14.9. The molecule has 1 rings (SSSR count). The van der Waals surface area contributed by atoms with Crippen molar-refractivity contribution in [1.29, 1.82) is 0 Å². The van der Waals surface area contributed by atoms with Crippen molar-refractivity contribution in [3.8, 4) is 5.75 Å². The molecule has 0 radical (unpaired) electrons. The molecule has 0 fully saturated rings. The van der Waals surface area contributed by atoms with Crippen LogP contribution >= 0.6 is 0 Å². The molecule has 0 aliphatic rings. The lowest BCUT2D eigenvalue weighted by Gasteiger charge is -2.24. The van der Waals surface area contributed by atoms with Gasteiger partial charge in [0.15, 0.2) is 0 Å². The van der Waals surface area contributed by atoms with Crippen LogP contribution in [0.15, 0.2) is 30.3 Å². The molecular weight excluding hydrogens is 310 g/mol. The minimum absolute atomic E-state index is 0.329. The zero-order valence-corrected chi connectivity index (χ0v) is 15.2. The molecule has 0 saturated carbocycles. The van der Waals surface area contributed by atoms with E-state index < -0.39 is 29.8 Å². The fourth-order valence-corrected chi connectivity index (χ4v) is 1.73. The molecule has 0 bridgehead atoms. The molecule has 24 heavy (non-hydrogen) atoms. The molecule has 6 nitrogen and oxygen atoms in total. The lowest BCUT2D eigenvalue weighted by atomic mass is 10.2. The number of ether oxygens (including phenoxy) is 3. The van der Waals surface area contributed by atoms with Crippen LogP contribution in [0.25, 0.3) is 0 Å². The van der Waals surface area contributed by atoms with Crippen molar-refractivity contribution in [2.24, 2.45) is 0 Å². The summed E-state index contributed by atoms with van der Waals surface area (Å²) in [6.07, 6.45) is -1.46. The number of hydrogen-bond acceptors (Lipinski definition) is 5. The van der Waals surface area contributed by atoms with E-state index in [-0.39, 0.29) is 6.10 Å². The Balaban J connectivity index is 2.46. The maximum absolute atomic E-state index is 12.1. The third kappa shape index (κ3) is 7.35. The van der Waals surface area contributed by atoms with Crippen LogP contribution in [0.4, 0.5) is 4.79 Å². The number of para-hydroxylation sites is 1. The standard InChI is InChI=1S/C18H27NO5/c1-12(19-17(21)24-18(4,5)6)16(20)23-14(3)13(2)22-15-10-8-7-9-11-15/h7-14H,1-6H3,(H,19,21)/t12-,13-,14-/m0/s1. The minimum Gasteiger partial charge on any atom is -0.487 e. The summed E-state index contributed by atoms with van der Waals surface area (Å²) < 4.78 is 16.2. The van der Waals surface area contributed by atoms with Crippen molar-refractivity contribution < 1.29 is 23.8 Å². The van der Waals surface area contributed by atoms with Gasteiger partial charge in [-0.3, -0.25) is 0 Å². The summed E-state index contributed by atoms with van der Waals surface area (Å²) in [5, 5.41) is 2.45. The summed E-state index contributed by atoms with van der Waals surface area (Å²) in [6.45, 7) is 10.4. The van der Waals surface area contributed by atoms with Crippen molar-refractivity contribution in [2.75, 3.05) is 0 Å². The van der Waals surface area contributed by atoms with Crippen LogP contribution in [0.5, 0.6) is 5.75 Å². The van der Waals surface area contributed by atoms with E-state index in [1.807, 2.05) is 37.3 Å². The van der Waals surface area contributed by atoms with Gasteiger partial charge in [-0.15, -0.1) is 0 Å². The molecule has 0 aliphatic heterocycles. The van der Waals surface area contributed by atoms with E-state index in [2.05, 4.69) is 5.32 Å². The average Bonchev–Trinajstić information content (AvgIpc) is 2.45. The molecule has 0 unspecified atom stereocenters. The number of rotatable bonds is 6. The van der Waals surface area contributed by atoms with Gasteiger partial charge in [0.1, 0.15) is 29.6 Å². The van der Waals surface area contributed by atoms with Gasteiger partial charge < -0.3 is 19.5 Å². The average molecular weight is 337 g/mol. The second-order valence-corrected chi connectivity index (χ2v) is 6.65. The Labute approximate surface area is 143 Å². The van der Waals surface area contributed by atoms with Gasteiger partial charge in [0.2, 0.25) is 0 Å². The van der Waals surface area contributed by atoms with E-state index in [0.717, 1.165) is 0 Å². The highest BCUT2D eigenvalue weighted by atomic mass is 16.6. The summed E-state index contributed by atoms with van der Waals surface area (Å²) in [5.74, 6) is 0.157. The van der Waals surface area contributed by atoms with E-state index in [9.17, 15) is 9.59 Å². The first kappa shape index (κ1) is 19.8. The molecule has 0 aromatic heterocycles. The van der Waals surface area contributed by atoms with Crippen LogP contribution in [-0.2, 0) is 14.3 Å². The maximum atomic E-state index is 12.1. The zero-order valence-electron chi connectivity index (χ0n) is 15.2. The third-order valence-electron chi connectivity index (χ3n) is 3.12. The largest absolute Gasteiger partial charge is 0.487 e. The van der Waals surface area contributed by atoms with Crippen molar-refractivity contribution >= 4 is 12.1 Å². The monoisotopic (exact) mass is 337 g/mol. The Kier molecular flexibility index (Phi) is 7.07. The molecule has 1 amide bonds. The van der Waals surface area contributed by atoms with Crippen LogP contribution in [-0.4, -0.2) is 35.9 Å². The fourth-order valence-electron chi connectivity index (χ4n) is 1.73. The molecular formula is C18H27NO5. The highest BCUT2D eigenvalue weighted by Crippen LogP contribution is 2.14. The molecule has 0 heterocycles. The third-order valence-corrected chi connectivity index (χ3v) is 3.12. The summed E-state index contributed by atoms with van der Waals surface area (Å²) in [5.41, 5.74) is -0.626. The first-order valence-electron chi connectivity index (χ1n) is 8.00. The fraction of sp³-hybridized carbons (Fsp3) is 0.556. The van der Waals surface area contributed by atoms with E-state index in [0.29, 0.717) is 5.75 Å². The second-order valence-electron chi connectivity index (χ2n) is 6.65. The SMILES string of the molecule is C[C@H](NC(=O)OC(C)(C)C)C(=O)O[C@@H](C)[C@H](C)Oc1ccccc1. The van der Waals surface area contributed by atoms with Crippen LogP contribution in [0, 0.1) is 0 Å². The van der Waals surface area contributed by atoms with Crippen LogP contribution < -0.4 is 10.1 Å². The van der Waals surface area contributed by atoms with Crippen LogP contribution in [0.3, 0.4) is 0 Å². The molecule has 1 aromatic carbocycles. The molecule has 134 valence electrons. The predicted molar refractivity (Wildman–Crippen MR) is 90.9 cm³/mol. The quantitative estimate of drug-likeness (QED) is 0.806. The lowest BCUT2D eigenvalue weighted by molar-refractivity contribution is -0.154. The van der Waals surface area contributed by atoms with Gasteiger partial charge in [-0.05, 0) is 53.7 Å². The van der Waals surface area contributed by atoms with Gasteiger partial charge in [-0.1, -0.05) is 18.2 Å². The van der Waals surface area contributed by atoms with Crippen molar-refractivity contribution in [1.82, 2.24) is 5.32 Å². The Morgan fingerprint density at radius 2 is 1.58 bits per heavy atom. The van der Waals surface area contributed by atoms with Gasteiger partial charge in [-0.2, -0.15) is 0 Å². The Bertz CT molecular complexity index is 538. The molecule has 0 saturated heterocycles. The summed E-state index contributed by atoms with van der Waals surface area (Å²) in [4.78, 5) is 23.7. The van der Waals surface area contributed by atoms with E-state index in [1.54, 1.807) is 34.6 Å². The molecule has 0 spiro atoms. The van der Waals surface area contributed by atoms with E-state index in [4.69, 9.17) is 14.2 Å². The number of benzene rings is 1. The number of carbonyl (C=O) groups is 2. The lowest BCUT2D eigenvalue weighted by Crippen LogP contribution is -2.44. The number of amides is 1. The summed E-state index contributed by atoms with van der Waals surface area (Å²) >= 11 is 0. The number of esters is 1. The number of hydrogen-bond donors (Lipinski definition) is 1. The molecule has 3 atom stereocenters. The van der Waals surface area contributed by atoms with Crippen molar-refractivity contribution in [3.05, 3.63) is 30.3 Å². The highest BCUT2D eigenvalue weighted by molar-refractivity contribution is 5.81. The molecule has 0 aliphatic carbocycles. The highest BCUT2D eigenvalue weighted by Gasteiger charge is 2.25. The maximum Gasteiger partial charge on any atom is 0.408 e. The van der Waals surface area contributed by atoms with Gasteiger partial charge in [-0.25, -0.2) is 9.59 Å². The number of alkyl carbamates (subject to hydrolysis) is 1. The van der Waals surface area contributed by atoms with Gasteiger partial charge in [0.25, 0.3) is 0 Å². The Morgan fingerprint density at radius 1 is 1.00 bits per heavy atom. The van der Waals surface area contributed by atoms with E-state index in [1.165, 1.54) is 0 Å². The molecule has 1 aromatic rings. The number of carbonyl (C=O) groups excluding carboxylic acids is 2. The number of nitrogens with one attached hydrogen (secondary N) is 1. The van der Waals surface area contributed by atoms with Crippen LogP contribution in [0.1, 0.15) is 41.5 Å². The smallest absolute Gasteiger partial charge is 0.408 e. The minimum atomic E-state index is -0.814. The molecule has 1 N–H and O–H groups in total. The summed E-state index contributed by atoms with van der Waals surface area (Å²) in [6, 6.07) is 8.48. The summed E-state index contributed by atoms with van der Waals surface area (Å²) in [7, 11) is 0. The topological polar surface area (TPSA) is 73.9 Å². The Morgan fingerprint density at radius 3 is 2.12 bits per heavy atom. The predicted octanol–water partition coefficient (Wildman–Crippen LogP) is 3.30. The van der Waals surface area contributed by atoms with Crippen LogP contribution in [0.2, 0.25) is 0 Å². The Hall–Kier alpha value is -2.24. The van der Waals surface area contributed by atoms with E-state index >= 15 is 0 Å². The van der Waals surface area contributed by atoms with Gasteiger partial charge in [0.05, 0.1) is 0 Å². The zero-order chi connectivity index (χ0) is 18.3. The van der Waals surface area contributed by atoms with Crippen molar-refractivity contribution in [2.45, 2.75) is 65.4 Å². The van der Waals surface area contributed by atoms with Gasteiger partial charge in [0, 0.05) is 0 Å². The van der Waals surface area contributed by atoms with Gasteiger partial charge >= 0.3 is 12.1 Å². The first-order chi connectivity index (χ1) is 11.1. The second kappa shape index (κ2) is 8.57. The molecule has 6 heteroatoms.